The number of esters is 1. The Labute approximate surface area is 198 Å². The van der Waals surface area contributed by atoms with Crippen molar-refractivity contribution in [1.29, 1.82) is 0 Å². The number of imide groups is 1. The zero-order valence-electron chi connectivity index (χ0n) is 17.5. The molecular formula is C22H26Br2N2O5. The largest absolute Gasteiger partial charge is 0.454 e. The van der Waals surface area contributed by atoms with Crippen LogP contribution < -0.4 is 5.32 Å². The molecule has 0 aromatic heterocycles. The van der Waals surface area contributed by atoms with Gasteiger partial charge in [-0.25, -0.2) is 0 Å². The van der Waals surface area contributed by atoms with E-state index < -0.39 is 36.9 Å². The molecule has 1 aliphatic heterocycles. The van der Waals surface area contributed by atoms with Gasteiger partial charge in [0.25, 0.3) is 5.91 Å². The average molecular weight is 558 g/mol. The topological polar surface area (TPSA) is 92.8 Å². The zero-order chi connectivity index (χ0) is 22.7. The van der Waals surface area contributed by atoms with Crippen molar-refractivity contribution in [3.05, 3.63) is 29.3 Å². The number of aryl methyl sites for hydroxylation is 2. The Bertz CT molecular complexity index is 840. The van der Waals surface area contributed by atoms with Crippen molar-refractivity contribution in [3.8, 4) is 0 Å². The number of carbonyl (C=O) groups is 4. The summed E-state index contributed by atoms with van der Waals surface area (Å²) in [5, 5.41) is 2.82. The van der Waals surface area contributed by atoms with Crippen LogP contribution in [-0.4, -0.2) is 51.4 Å². The van der Waals surface area contributed by atoms with E-state index in [4.69, 9.17) is 4.74 Å². The molecule has 0 bridgehead atoms. The van der Waals surface area contributed by atoms with E-state index in [9.17, 15) is 19.2 Å². The van der Waals surface area contributed by atoms with Gasteiger partial charge in [-0.1, -0.05) is 63.9 Å². The minimum atomic E-state index is -0.777. The minimum Gasteiger partial charge on any atom is -0.454 e. The lowest BCUT2D eigenvalue weighted by Crippen LogP contribution is -2.37. The first-order valence-corrected chi connectivity index (χ1v) is 12.3. The molecule has 1 aromatic rings. The van der Waals surface area contributed by atoms with Crippen LogP contribution >= 0.6 is 31.9 Å². The van der Waals surface area contributed by atoms with Crippen LogP contribution in [0, 0.1) is 11.8 Å². The summed E-state index contributed by atoms with van der Waals surface area (Å²) in [5.74, 6) is -2.75. The van der Waals surface area contributed by atoms with Crippen molar-refractivity contribution in [2.45, 2.75) is 49.2 Å². The number of benzene rings is 1. The molecule has 4 atom stereocenters. The Morgan fingerprint density at radius 3 is 2.03 bits per heavy atom. The highest BCUT2D eigenvalue weighted by Crippen LogP contribution is 2.43. The second kappa shape index (κ2) is 10.3. The van der Waals surface area contributed by atoms with E-state index in [1.165, 1.54) is 0 Å². The summed E-state index contributed by atoms with van der Waals surface area (Å²) >= 11 is 7.06. The predicted octanol–water partition coefficient (Wildman–Crippen LogP) is 3.22. The summed E-state index contributed by atoms with van der Waals surface area (Å²) < 4.78 is 5.06. The molecule has 2 aliphatic rings. The summed E-state index contributed by atoms with van der Waals surface area (Å²) in [5.41, 5.74) is 2.76. The van der Waals surface area contributed by atoms with Crippen LogP contribution in [0.3, 0.4) is 0 Å². The van der Waals surface area contributed by atoms with Gasteiger partial charge < -0.3 is 10.1 Å². The molecule has 1 aliphatic carbocycles. The number of anilines is 1. The van der Waals surface area contributed by atoms with E-state index in [1.807, 2.05) is 32.0 Å². The lowest BCUT2D eigenvalue weighted by Gasteiger charge is -2.29. The van der Waals surface area contributed by atoms with Crippen LogP contribution in [0.5, 0.6) is 0 Å². The Morgan fingerprint density at radius 1 is 1.03 bits per heavy atom. The molecule has 3 amide bonds. The van der Waals surface area contributed by atoms with E-state index in [-0.39, 0.29) is 21.5 Å². The first kappa shape index (κ1) is 23.9. The minimum absolute atomic E-state index is 0.0973. The number of halogens is 2. The molecule has 168 valence electrons. The standard InChI is InChI=1S/C22H26Br2N2O5/c1-3-12-6-5-7-13(4-2)20(12)25-18(27)11-31-19(28)10-26-21(29)14-8-16(23)17(24)9-15(14)22(26)30/h5-7,14-17H,3-4,8-11H2,1-2H3,(H,25,27)/t14-,15-,16-,17+/m1/s1. The molecule has 0 unspecified atom stereocenters. The Hall–Kier alpha value is -1.74. The zero-order valence-corrected chi connectivity index (χ0v) is 20.7. The van der Waals surface area contributed by atoms with Crippen molar-refractivity contribution in [1.82, 2.24) is 4.90 Å². The molecule has 0 radical (unpaired) electrons. The molecule has 1 aromatic carbocycles. The van der Waals surface area contributed by atoms with E-state index in [2.05, 4.69) is 37.2 Å². The van der Waals surface area contributed by atoms with Gasteiger partial charge in [-0.05, 0) is 36.8 Å². The Balaban J connectivity index is 1.56. The Morgan fingerprint density at radius 2 is 1.55 bits per heavy atom. The molecule has 1 heterocycles. The molecule has 3 rings (SSSR count). The van der Waals surface area contributed by atoms with E-state index in [0.717, 1.165) is 34.6 Å². The highest BCUT2D eigenvalue weighted by molar-refractivity contribution is 9.12. The van der Waals surface area contributed by atoms with Gasteiger partial charge in [0.2, 0.25) is 11.8 Å². The summed E-state index contributed by atoms with van der Waals surface area (Å²) in [4.78, 5) is 51.1. The highest BCUT2D eigenvalue weighted by Gasteiger charge is 2.52. The number of hydrogen-bond donors (Lipinski definition) is 1. The van der Waals surface area contributed by atoms with Gasteiger partial charge in [-0.15, -0.1) is 0 Å². The van der Waals surface area contributed by atoms with Crippen LogP contribution in [0.15, 0.2) is 18.2 Å². The molecule has 7 nitrogen and oxygen atoms in total. The third kappa shape index (κ3) is 5.19. The first-order valence-electron chi connectivity index (χ1n) is 10.5. The van der Waals surface area contributed by atoms with Crippen LogP contribution in [0.4, 0.5) is 5.69 Å². The van der Waals surface area contributed by atoms with Gasteiger partial charge in [-0.2, -0.15) is 0 Å². The monoisotopic (exact) mass is 556 g/mol. The number of alkyl halides is 2. The number of rotatable bonds is 7. The van der Waals surface area contributed by atoms with Gasteiger partial charge in [0.15, 0.2) is 6.61 Å². The van der Waals surface area contributed by atoms with E-state index >= 15 is 0 Å². The van der Waals surface area contributed by atoms with Crippen molar-refractivity contribution < 1.29 is 23.9 Å². The molecule has 0 spiro atoms. The second-order valence-corrected chi connectivity index (χ2v) is 10.2. The number of hydrogen-bond acceptors (Lipinski definition) is 5. The summed E-state index contributed by atoms with van der Waals surface area (Å²) in [6.07, 6.45) is 2.59. The third-order valence-corrected chi connectivity index (χ3v) is 8.65. The first-order chi connectivity index (χ1) is 14.8. The van der Waals surface area contributed by atoms with Crippen LogP contribution in [0.1, 0.15) is 37.8 Å². The number of nitrogens with zero attached hydrogens (tertiary/aromatic N) is 1. The second-order valence-electron chi connectivity index (χ2n) is 7.85. The van der Waals surface area contributed by atoms with Gasteiger partial charge >= 0.3 is 5.97 Å². The molecular weight excluding hydrogens is 532 g/mol. The van der Waals surface area contributed by atoms with Crippen LogP contribution in [0.2, 0.25) is 0 Å². The van der Waals surface area contributed by atoms with Gasteiger partial charge in [0, 0.05) is 15.3 Å². The van der Waals surface area contributed by atoms with Crippen molar-refractivity contribution >= 4 is 61.2 Å². The van der Waals surface area contributed by atoms with E-state index in [1.54, 1.807) is 0 Å². The van der Waals surface area contributed by atoms with Gasteiger partial charge in [0.05, 0.1) is 11.8 Å². The predicted molar refractivity (Wildman–Crippen MR) is 123 cm³/mol. The van der Waals surface area contributed by atoms with Crippen molar-refractivity contribution in [2.24, 2.45) is 11.8 Å². The molecule has 31 heavy (non-hydrogen) atoms. The summed E-state index contributed by atoms with van der Waals surface area (Å²) in [6, 6.07) is 5.84. The number of carbonyl (C=O) groups excluding carboxylic acids is 4. The molecule has 1 N–H and O–H groups in total. The van der Waals surface area contributed by atoms with Crippen LogP contribution in [-0.2, 0) is 36.8 Å². The molecule has 2 fully saturated rings. The quantitative estimate of drug-likeness (QED) is 0.316. The smallest absolute Gasteiger partial charge is 0.326 e. The molecule has 1 saturated carbocycles. The fraction of sp³-hybridized carbons (Fsp3) is 0.545. The summed E-state index contributed by atoms with van der Waals surface area (Å²) in [6.45, 7) is 3.06. The third-order valence-electron chi connectivity index (χ3n) is 5.92. The molecule has 9 heteroatoms. The number of likely N-dealkylation sites (tertiary alicyclic amines) is 1. The highest BCUT2D eigenvalue weighted by atomic mass is 79.9. The lowest BCUT2D eigenvalue weighted by molar-refractivity contribution is -0.154. The number of ether oxygens (including phenoxy) is 1. The Kier molecular flexibility index (Phi) is 7.91. The van der Waals surface area contributed by atoms with E-state index in [0.29, 0.717) is 12.8 Å². The summed E-state index contributed by atoms with van der Waals surface area (Å²) in [7, 11) is 0. The van der Waals surface area contributed by atoms with Crippen molar-refractivity contribution in [3.63, 3.8) is 0 Å². The number of fused-ring (bicyclic) bond motifs is 1. The van der Waals surface area contributed by atoms with Gasteiger partial charge in [-0.3, -0.25) is 24.1 Å². The maximum Gasteiger partial charge on any atom is 0.326 e. The fourth-order valence-corrected chi connectivity index (χ4v) is 5.46. The van der Waals surface area contributed by atoms with Gasteiger partial charge in [0.1, 0.15) is 6.54 Å². The van der Waals surface area contributed by atoms with Crippen molar-refractivity contribution in [2.75, 3.05) is 18.5 Å². The molecule has 1 saturated heterocycles. The fourth-order valence-electron chi connectivity index (χ4n) is 4.22. The maximum atomic E-state index is 12.6. The number of amides is 3. The number of para-hydroxylation sites is 1. The SMILES string of the molecule is CCc1cccc(CC)c1NC(=O)COC(=O)CN1C(=O)[C@@H]2C[C@@H](Br)[C@@H](Br)C[C@H]2C1=O. The van der Waals surface area contributed by atoms with Crippen LogP contribution in [0.25, 0.3) is 0 Å². The maximum absolute atomic E-state index is 12.6. The normalized spacial score (nSPS) is 25.4. The lowest BCUT2D eigenvalue weighted by atomic mass is 9.81. The average Bonchev–Trinajstić information content (AvgIpc) is 2.97. The number of nitrogens with one attached hydrogen (secondary N) is 1.